The molecular formula is C18H22N2O. The fourth-order valence-electron chi connectivity index (χ4n) is 3.14. The van der Waals surface area contributed by atoms with Gasteiger partial charge < -0.3 is 9.88 Å². The van der Waals surface area contributed by atoms with Crippen molar-refractivity contribution in [2.24, 2.45) is 5.41 Å². The molecule has 1 aliphatic rings. The van der Waals surface area contributed by atoms with Gasteiger partial charge >= 0.3 is 0 Å². The molecule has 1 unspecified atom stereocenters. The molecule has 1 saturated carbocycles. The number of nitrogens with zero attached hydrogens (tertiary/aromatic N) is 1. The lowest BCUT2D eigenvalue weighted by molar-refractivity contribution is 0.0936. The number of carbonyl (C=O) groups excluding carboxylic acids is 1. The summed E-state index contributed by atoms with van der Waals surface area (Å²) >= 11 is 0. The monoisotopic (exact) mass is 282 g/mol. The molecule has 110 valence electrons. The molecule has 1 aromatic heterocycles. The molecule has 3 nitrogen and oxygen atoms in total. The summed E-state index contributed by atoms with van der Waals surface area (Å²) in [7, 11) is 0. The highest BCUT2D eigenvalue weighted by Crippen LogP contribution is 2.36. The SMILES string of the molecule is CC1(C)CCC(NC(=O)c2cccc(-n3cccc3)c2)C1. The third-order valence-electron chi connectivity index (χ3n) is 4.31. The largest absolute Gasteiger partial charge is 0.349 e. The normalized spacial score (nSPS) is 20.4. The summed E-state index contributed by atoms with van der Waals surface area (Å²) in [6.45, 7) is 4.54. The molecule has 1 aromatic carbocycles. The fourth-order valence-corrected chi connectivity index (χ4v) is 3.14. The number of carbonyl (C=O) groups is 1. The summed E-state index contributed by atoms with van der Waals surface area (Å²) in [6.07, 6.45) is 7.29. The maximum Gasteiger partial charge on any atom is 0.251 e. The Morgan fingerprint density at radius 3 is 2.67 bits per heavy atom. The Morgan fingerprint density at radius 1 is 1.24 bits per heavy atom. The van der Waals surface area contributed by atoms with Crippen molar-refractivity contribution >= 4 is 5.91 Å². The zero-order valence-corrected chi connectivity index (χ0v) is 12.7. The summed E-state index contributed by atoms with van der Waals surface area (Å²) in [5, 5.41) is 3.18. The van der Waals surface area contributed by atoms with Gasteiger partial charge in [0.2, 0.25) is 0 Å². The van der Waals surface area contributed by atoms with Gasteiger partial charge in [-0.2, -0.15) is 0 Å². The summed E-state index contributed by atoms with van der Waals surface area (Å²) in [6, 6.07) is 12.0. The van der Waals surface area contributed by atoms with Gasteiger partial charge in [-0.3, -0.25) is 4.79 Å². The predicted octanol–water partition coefficient (Wildman–Crippen LogP) is 3.79. The minimum atomic E-state index is 0.0340. The average Bonchev–Trinajstić information content (AvgIpc) is 3.09. The summed E-state index contributed by atoms with van der Waals surface area (Å²) in [5.74, 6) is 0.0340. The van der Waals surface area contributed by atoms with E-state index in [1.165, 1.54) is 6.42 Å². The Bertz CT molecular complexity index is 628. The number of rotatable bonds is 3. The minimum Gasteiger partial charge on any atom is -0.349 e. The lowest BCUT2D eigenvalue weighted by Crippen LogP contribution is -2.33. The summed E-state index contributed by atoms with van der Waals surface area (Å²) in [5.41, 5.74) is 2.09. The lowest BCUT2D eigenvalue weighted by atomic mass is 9.92. The van der Waals surface area contributed by atoms with Crippen molar-refractivity contribution in [3.8, 4) is 5.69 Å². The second kappa shape index (κ2) is 5.40. The topological polar surface area (TPSA) is 34.0 Å². The van der Waals surface area contributed by atoms with Gasteiger partial charge in [0, 0.05) is 29.7 Å². The Balaban J connectivity index is 1.72. The molecule has 3 rings (SSSR count). The molecule has 0 bridgehead atoms. The molecule has 0 spiro atoms. The molecular weight excluding hydrogens is 260 g/mol. The van der Waals surface area contributed by atoms with Gasteiger partial charge in [0.05, 0.1) is 0 Å². The Hall–Kier alpha value is -2.03. The molecule has 3 heteroatoms. The molecule has 0 aliphatic heterocycles. The van der Waals surface area contributed by atoms with Crippen LogP contribution in [0.25, 0.3) is 5.69 Å². The van der Waals surface area contributed by atoms with Crippen LogP contribution in [0.3, 0.4) is 0 Å². The highest BCUT2D eigenvalue weighted by molar-refractivity contribution is 5.94. The molecule has 1 N–H and O–H groups in total. The summed E-state index contributed by atoms with van der Waals surface area (Å²) in [4.78, 5) is 12.4. The first-order chi connectivity index (χ1) is 10.0. The third-order valence-corrected chi connectivity index (χ3v) is 4.31. The first-order valence-corrected chi connectivity index (χ1v) is 7.58. The van der Waals surface area contributed by atoms with E-state index in [9.17, 15) is 4.79 Å². The van der Waals surface area contributed by atoms with Crippen molar-refractivity contribution in [1.29, 1.82) is 0 Å². The summed E-state index contributed by atoms with van der Waals surface area (Å²) < 4.78 is 2.01. The van der Waals surface area contributed by atoms with Crippen molar-refractivity contribution < 1.29 is 4.79 Å². The van der Waals surface area contributed by atoms with E-state index in [0.717, 1.165) is 24.1 Å². The Kier molecular flexibility index (Phi) is 3.58. The molecule has 21 heavy (non-hydrogen) atoms. The van der Waals surface area contributed by atoms with Crippen LogP contribution in [0.4, 0.5) is 0 Å². The second-order valence-corrected chi connectivity index (χ2v) is 6.72. The third kappa shape index (κ3) is 3.18. The molecule has 0 radical (unpaired) electrons. The smallest absolute Gasteiger partial charge is 0.251 e. The highest BCUT2D eigenvalue weighted by atomic mass is 16.1. The number of hydrogen-bond acceptors (Lipinski definition) is 1. The number of hydrogen-bond donors (Lipinski definition) is 1. The lowest BCUT2D eigenvalue weighted by Gasteiger charge is -2.18. The van der Waals surface area contributed by atoms with Gasteiger partial charge in [-0.1, -0.05) is 19.9 Å². The molecule has 1 fully saturated rings. The highest BCUT2D eigenvalue weighted by Gasteiger charge is 2.31. The van der Waals surface area contributed by atoms with Crippen molar-refractivity contribution in [3.63, 3.8) is 0 Å². The van der Waals surface area contributed by atoms with Crippen LogP contribution in [-0.2, 0) is 0 Å². The number of aromatic nitrogens is 1. The van der Waals surface area contributed by atoms with Crippen LogP contribution in [-0.4, -0.2) is 16.5 Å². The van der Waals surface area contributed by atoms with E-state index in [-0.39, 0.29) is 5.91 Å². The van der Waals surface area contributed by atoms with Gasteiger partial charge in [0.15, 0.2) is 0 Å². The van der Waals surface area contributed by atoms with Crippen molar-refractivity contribution in [2.75, 3.05) is 0 Å². The quantitative estimate of drug-likeness (QED) is 0.913. The second-order valence-electron chi connectivity index (χ2n) is 6.72. The van der Waals surface area contributed by atoms with Crippen LogP contribution in [0.5, 0.6) is 0 Å². The van der Waals surface area contributed by atoms with E-state index < -0.39 is 0 Å². The minimum absolute atomic E-state index is 0.0340. The van der Waals surface area contributed by atoms with Gasteiger partial charge in [-0.15, -0.1) is 0 Å². The van der Waals surface area contributed by atoms with Crippen LogP contribution < -0.4 is 5.32 Å². The van der Waals surface area contributed by atoms with Gasteiger partial charge in [-0.25, -0.2) is 0 Å². The zero-order valence-electron chi connectivity index (χ0n) is 12.7. The van der Waals surface area contributed by atoms with Crippen LogP contribution in [0.1, 0.15) is 43.5 Å². The maximum atomic E-state index is 12.4. The maximum absolute atomic E-state index is 12.4. The van der Waals surface area contributed by atoms with E-state index in [1.54, 1.807) is 0 Å². The van der Waals surface area contributed by atoms with Gasteiger partial charge in [0.1, 0.15) is 0 Å². The van der Waals surface area contributed by atoms with E-state index in [0.29, 0.717) is 11.5 Å². The zero-order chi connectivity index (χ0) is 14.9. The first-order valence-electron chi connectivity index (χ1n) is 7.58. The van der Waals surface area contributed by atoms with Gasteiger partial charge in [0.25, 0.3) is 5.91 Å². The van der Waals surface area contributed by atoms with Crippen LogP contribution in [0, 0.1) is 5.41 Å². The number of nitrogens with one attached hydrogen (secondary N) is 1. The molecule has 1 aliphatic carbocycles. The number of benzene rings is 1. The van der Waals surface area contributed by atoms with E-state index in [1.807, 2.05) is 53.4 Å². The molecule has 2 aromatic rings. The van der Waals surface area contributed by atoms with Crippen LogP contribution in [0.15, 0.2) is 48.8 Å². The Labute approximate surface area is 126 Å². The van der Waals surface area contributed by atoms with Crippen LogP contribution in [0.2, 0.25) is 0 Å². The van der Waals surface area contributed by atoms with E-state index in [2.05, 4.69) is 19.2 Å². The van der Waals surface area contributed by atoms with E-state index >= 15 is 0 Å². The average molecular weight is 282 g/mol. The molecule has 1 amide bonds. The van der Waals surface area contributed by atoms with Crippen molar-refractivity contribution in [2.45, 2.75) is 39.2 Å². The van der Waals surface area contributed by atoms with Gasteiger partial charge in [-0.05, 0) is 55.0 Å². The molecule has 1 heterocycles. The first kappa shape index (κ1) is 13.9. The molecule has 0 saturated heterocycles. The Morgan fingerprint density at radius 2 is 2.00 bits per heavy atom. The number of amides is 1. The molecule has 1 atom stereocenters. The standard InChI is InChI=1S/C18H22N2O/c1-18(2)9-8-15(13-18)19-17(21)14-6-5-7-16(12-14)20-10-3-4-11-20/h3-7,10-12,15H,8-9,13H2,1-2H3,(H,19,21). The van der Waals surface area contributed by atoms with E-state index in [4.69, 9.17) is 0 Å². The van der Waals surface area contributed by atoms with Crippen molar-refractivity contribution in [3.05, 3.63) is 54.4 Å². The van der Waals surface area contributed by atoms with Crippen LogP contribution >= 0.6 is 0 Å². The van der Waals surface area contributed by atoms with Crippen molar-refractivity contribution in [1.82, 2.24) is 9.88 Å². The predicted molar refractivity (Wildman–Crippen MR) is 84.7 cm³/mol. The fraction of sp³-hybridized carbons (Fsp3) is 0.389.